The van der Waals surface area contributed by atoms with Crippen LogP contribution in [0.15, 0.2) is 53.6 Å². The molecule has 5 aromatic rings. The number of nitrogens with two attached hydrogens (primary N) is 1. The van der Waals surface area contributed by atoms with Gasteiger partial charge in [-0.25, -0.2) is 24.0 Å². The van der Waals surface area contributed by atoms with Gasteiger partial charge >= 0.3 is 5.69 Å². The largest absolute Gasteiger partial charge is 0.366 e. The van der Waals surface area contributed by atoms with E-state index in [0.717, 1.165) is 16.6 Å². The number of carbonyl (C=O) groups is 2. The maximum Gasteiger partial charge on any atom is 0.350 e. The topological polar surface area (TPSA) is 156 Å². The van der Waals surface area contributed by atoms with Crippen LogP contribution in [0.1, 0.15) is 39.2 Å². The monoisotopic (exact) mass is 511 g/mol. The Morgan fingerprint density at radius 3 is 2.42 bits per heavy atom. The molecule has 3 aromatic heterocycles. The molecule has 0 radical (unpaired) electrons. The first-order valence-corrected chi connectivity index (χ1v) is 11.9. The molecule has 3 heterocycles. The minimum Gasteiger partial charge on any atom is -0.366 e. The number of hydrogen-bond donors (Lipinski definition) is 2. The highest BCUT2D eigenvalue weighted by molar-refractivity contribution is 6.13. The predicted octanol–water partition coefficient (Wildman–Crippen LogP) is 2.37. The van der Waals surface area contributed by atoms with E-state index in [0.29, 0.717) is 35.0 Å². The Morgan fingerprint density at radius 2 is 1.79 bits per heavy atom. The Morgan fingerprint density at radius 1 is 1.05 bits per heavy atom. The zero-order valence-electron chi connectivity index (χ0n) is 21.3. The Labute approximate surface area is 216 Å². The molecular weight excluding hydrogens is 486 g/mol. The van der Waals surface area contributed by atoms with Crippen molar-refractivity contribution in [1.29, 1.82) is 0 Å². The van der Waals surface area contributed by atoms with E-state index < -0.39 is 11.8 Å². The van der Waals surface area contributed by atoms with E-state index in [1.807, 2.05) is 26.0 Å². The maximum atomic E-state index is 13.3. The number of fused-ring (bicyclic) bond motifs is 1. The van der Waals surface area contributed by atoms with E-state index >= 15 is 0 Å². The van der Waals surface area contributed by atoms with Crippen LogP contribution < -0.4 is 16.7 Å². The Balaban J connectivity index is 1.55. The van der Waals surface area contributed by atoms with Gasteiger partial charge in [-0.15, -0.1) is 0 Å². The number of aromatic nitrogens is 7. The molecule has 2 aromatic carbocycles. The fraction of sp³-hybridized carbons (Fsp3) is 0.192. The number of aryl methyl sites for hydroxylation is 4. The highest BCUT2D eigenvalue weighted by Gasteiger charge is 2.22. The van der Waals surface area contributed by atoms with Gasteiger partial charge in [-0.3, -0.25) is 14.3 Å². The first kappa shape index (κ1) is 24.6. The van der Waals surface area contributed by atoms with Crippen LogP contribution in [0.3, 0.4) is 0 Å². The van der Waals surface area contributed by atoms with Gasteiger partial charge in [0.1, 0.15) is 5.82 Å². The number of amides is 2. The molecule has 0 fully saturated rings. The Kier molecular flexibility index (Phi) is 6.07. The summed E-state index contributed by atoms with van der Waals surface area (Å²) in [6.45, 7) is 6.12. The number of nitrogens with zero attached hydrogens (tertiary/aromatic N) is 7. The second kappa shape index (κ2) is 9.39. The van der Waals surface area contributed by atoms with Crippen molar-refractivity contribution in [2.24, 2.45) is 12.8 Å². The minimum absolute atomic E-state index is 0.236. The van der Waals surface area contributed by atoms with Gasteiger partial charge in [-0.2, -0.15) is 10.2 Å². The van der Waals surface area contributed by atoms with E-state index in [9.17, 15) is 14.4 Å². The first-order valence-electron chi connectivity index (χ1n) is 11.9. The molecule has 0 spiro atoms. The van der Waals surface area contributed by atoms with E-state index in [1.54, 1.807) is 49.2 Å². The van der Waals surface area contributed by atoms with Crippen LogP contribution in [-0.4, -0.2) is 45.9 Å². The lowest BCUT2D eigenvalue weighted by molar-refractivity contribution is 0.0995. The molecule has 0 saturated heterocycles. The molecule has 12 nitrogen and oxygen atoms in total. The van der Waals surface area contributed by atoms with Crippen LogP contribution in [0.4, 0.5) is 5.69 Å². The molecule has 3 N–H and O–H groups in total. The normalized spacial score (nSPS) is 11.2. The van der Waals surface area contributed by atoms with Gasteiger partial charge in [-0.1, -0.05) is 6.07 Å². The number of carbonyl (C=O) groups excluding carboxylic acids is 2. The zero-order valence-corrected chi connectivity index (χ0v) is 21.3. The molecule has 12 heteroatoms. The van der Waals surface area contributed by atoms with Crippen molar-refractivity contribution < 1.29 is 9.59 Å². The third kappa shape index (κ3) is 4.11. The molecule has 0 unspecified atom stereocenters. The number of nitrogens with one attached hydrogen (secondary N) is 1. The number of primary amides is 1. The highest BCUT2D eigenvalue weighted by Crippen LogP contribution is 2.31. The maximum absolute atomic E-state index is 13.3. The molecule has 0 bridgehead atoms. The van der Waals surface area contributed by atoms with Gasteiger partial charge in [0.15, 0.2) is 11.5 Å². The van der Waals surface area contributed by atoms with Crippen LogP contribution in [-0.2, 0) is 13.6 Å². The first-order chi connectivity index (χ1) is 18.2. The molecule has 0 aliphatic heterocycles. The number of anilines is 1. The Hall–Kier alpha value is -5.13. The predicted molar refractivity (Wildman–Crippen MR) is 141 cm³/mol. The van der Waals surface area contributed by atoms with Crippen molar-refractivity contribution in [3.63, 3.8) is 0 Å². The number of benzene rings is 2. The van der Waals surface area contributed by atoms with E-state index in [2.05, 4.69) is 25.5 Å². The number of rotatable bonds is 6. The fourth-order valence-electron chi connectivity index (χ4n) is 4.48. The van der Waals surface area contributed by atoms with Gasteiger partial charge < -0.3 is 11.1 Å². The summed E-state index contributed by atoms with van der Waals surface area (Å²) in [6, 6.07) is 10.2. The Bertz CT molecular complexity index is 1780. The summed E-state index contributed by atoms with van der Waals surface area (Å²) in [5.41, 5.74) is 8.82. The average molecular weight is 512 g/mol. The molecule has 38 heavy (non-hydrogen) atoms. The van der Waals surface area contributed by atoms with Crippen molar-refractivity contribution >= 4 is 28.4 Å². The lowest BCUT2D eigenvalue weighted by Crippen LogP contribution is -2.22. The summed E-state index contributed by atoms with van der Waals surface area (Å²) in [5, 5.41) is 12.2. The number of hydrogen-bond acceptors (Lipinski definition) is 7. The summed E-state index contributed by atoms with van der Waals surface area (Å²) in [7, 11) is 1.58. The van der Waals surface area contributed by atoms with E-state index in [-0.39, 0.29) is 16.9 Å². The third-order valence-electron chi connectivity index (χ3n) is 6.32. The lowest BCUT2D eigenvalue weighted by Gasteiger charge is -2.09. The van der Waals surface area contributed by atoms with Crippen molar-refractivity contribution in [3.05, 3.63) is 81.9 Å². The van der Waals surface area contributed by atoms with Crippen molar-refractivity contribution in [2.45, 2.75) is 27.3 Å². The van der Waals surface area contributed by atoms with E-state index in [4.69, 9.17) is 5.73 Å². The quantitative estimate of drug-likeness (QED) is 0.354. The van der Waals surface area contributed by atoms with Gasteiger partial charge in [0.2, 0.25) is 5.91 Å². The van der Waals surface area contributed by atoms with Gasteiger partial charge in [-0.05, 0) is 56.7 Å². The summed E-state index contributed by atoms with van der Waals surface area (Å²) in [5.74, 6) is -0.0494. The van der Waals surface area contributed by atoms with Crippen LogP contribution >= 0.6 is 0 Å². The van der Waals surface area contributed by atoms with Crippen molar-refractivity contribution in [1.82, 2.24) is 34.1 Å². The zero-order chi connectivity index (χ0) is 27.1. The molecule has 5 rings (SSSR count). The van der Waals surface area contributed by atoms with Gasteiger partial charge in [0.25, 0.3) is 5.91 Å². The van der Waals surface area contributed by atoms with E-state index in [1.165, 1.54) is 15.3 Å². The third-order valence-corrected chi connectivity index (χ3v) is 6.32. The average Bonchev–Trinajstić information content (AvgIpc) is 3.41. The second-order valence-corrected chi connectivity index (χ2v) is 8.75. The molecule has 0 aliphatic rings. The fourth-order valence-corrected chi connectivity index (χ4v) is 4.48. The summed E-state index contributed by atoms with van der Waals surface area (Å²) in [6.07, 6.45) is 3.13. The van der Waals surface area contributed by atoms with Crippen molar-refractivity contribution in [2.75, 3.05) is 5.32 Å². The van der Waals surface area contributed by atoms with Gasteiger partial charge in [0.05, 0.1) is 23.6 Å². The molecule has 0 atom stereocenters. The van der Waals surface area contributed by atoms with Gasteiger partial charge in [0, 0.05) is 35.8 Å². The molecule has 0 saturated carbocycles. The SMILES string of the molecule is CCn1nc(C(=O)Nc2cccc(C(N)=O)c2)c2c(C)c(-c3ncc(-n4c(C)nn(C)c4=O)cn3)ccc21. The molecule has 2 amide bonds. The van der Waals surface area contributed by atoms with Crippen LogP contribution in [0.25, 0.3) is 28.0 Å². The minimum atomic E-state index is -0.586. The summed E-state index contributed by atoms with van der Waals surface area (Å²) >= 11 is 0. The standard InChI is InChI=1S/C26H25N9O3/c1-5-34-20-10-9-19(24-28-12-18(13-29-24)35-15(3)31-33(4)26(35)38)14(2)21(20)22(32-34)25(37)30-17-8-6-7-16(11-17)23(27)36/h6-13H,5H2,1-4H3,(H2,27,36)(H,30,37). The van der Waals surface area contributed by atoms with Crippen molar-refractivity contribution in [3.8, 4) is 17.1 Å². The summed E-state index contributed by atoms with van der Waals surface area (Å²) < 4.78 is 4.44. The summed E-state index contributed by atoms with van der Waals surface area (Å²) in [4.78, 5) is 46.3. The lowest BCUT2D eigenvalue weighted by atomic mass is 10.0. The van der Waals surface area contributed by atoms with Crippen LogP contribution in [0, 0.1) is 13.8 Å². The van der Waals surface area contributed by atoms with Crippen LogP contribution in [0.5, 0.6) is 0 Å². The molecule has 0 aliphatic carbocycles. The smallest absolute Gasteiger partial charge is 0.350 e. The van der Waals surface area contributed by atoms with Crippen LogP contribution in [0.2, 0.25) is 0 Å². The molecular formula is C26H25N9O3. The molecule has 192 valence electrons. The second-order valence-electron chi connectivity index (χ2n) is 8.75. The highest BCUT2D eigenvalue weighted by atomic mass is 16.2.